The third-order valence-electron chi connectivity index (χ3n) is 2.73. The summed E-state index contributed by atoms with van der Waals surface area (Å²) in [6.07, 6.45) is 2.44. The van der Waals surface area contributed by atoms with Gasteiger partial charge in [0.1, 0.15) is 15.8 Å². The number of aromatic nitrogens is 4. The Morgan fingerprint density at radius 1 is 1.50 bits per heavy atom. The van der Waals surface area contributed by atoms with Crippen molar-refractivity contribution in [1.29, 1.82) is 0 Å². The van der Waals surface area contributed by atoms with Crippen LogP contribution in [0.5, 0.6) is 0 Å². The summed E-state index contributed by atoms with van der Waals surface area (Å²) in [5.41, 5.74) is 6.63. The molecular formula is C9H10IN5O. The minimum atomic E-state index is 0.264. The highest BCUT2D eigenvalue weighted by Gasteiger charge is 2.23. The molecule has 84 valence electrons. The summed E-state index contributed by atoms with van der Waals surface area (Å²) in [5, 5.41) is 5.32. The Hall–Kier alpha value is -0.960. The standard InChI is InChI=1S/C9H10IN5O/c10-7-6-8(11)12-4-13-9(6)15(14-7)5-1-2-16-3-5/h4-5H,1-3H2,(H2,11,12,13)/t5-/m1/s1. The summed E-state index contributed by atoms with van der Waals surface area (Å²) < 4.78 is 8.11. The molecule has 1 atom stereocenters. The number of rotatable bonds is 1. The minimum absolute atomic E-state index is 0.264. The molecule has 0 radical (unpaired) electrons. The molecule has 0 spiro atoms. The van der Waals surface area contributed by atoms with E-state index >= 15 is 0 Å². The quantitative estimate of drug-likeness (QED) is 0.788. The molecule has 2 aromatic rings. The van der Waals surface area contributed by atoms with E-state index in [2.05, 4.69) is 37.7 Å². The second kappa shape index (κ2) is 3.81. The van der Waals surface area contributed by atoms with E-state index in [0.717, 1.165) is 27.8 Å². The number of anilines is 1. The van der Waals surface area contributed by atoms with E-state index in [-0.39, 0.29) is 6.04 Å². The highest BCUT2D eigenvalue weighted by molar-refractivity contribution is 14.1. The number of fused-ring (bicyclic) bond motifs is 1. The maximum absolute atomic E-state index is 5.83. The van der Waals surface area contributed by atoms with Gasteiger partial charge >= 0.3 is 0 Å². The van der Waals surface area contributed by atoms with Gasteiger partial charge in [0.2, 0.25) is 0 Å². The van der Waals surface area contributed by atoms with Gasteiger partial charge < -0.3 is 10.5 Å². The fourth-order valence-corrected chi connectivity index (χ4v) is 2.67. The molecule has 6 nitrogen and oxygen atoms in total. The van der Waals surface area contributed by atoms with Crippen molar-refractivity contribution >= 4 is 39.4 Å². The topological polar surface area (TPSA) is 78.9 Å². The van der Waals surface area contributed by atoms with Gasteiger partial charge in [-0.2, -0.15) is 5.10 Å². The molecule has 1 aliphatic rings. The van der Waals surface area contributed by atoms with Crippen molar-refractivity contribution in [3.05, 3.63) is 10.0 Å². The number of hydrogen-bond donors (Lipinski definition) is 1. The molecule has 1 aliphatic heterocycles. The van der Waals surface area contributed by atoms with E-state index in [1.54, 1.807) is 0 Å². The van der Waals surface area contributed by atoms with Gasteiger partial charge in [-0.05, 0) is 29.0 Å². The number of nitrogens with zero attached hydrogens (tertiary/aromatic N) is 4. The molecule has 0 saturated carbocycles. The highest BCUT2D eigenvalue weighted by atomic mass is 127. The Kier molecular flexibility index (Phi) is 2.43. The Morgan fingerprint density at radius 2 is 2.38 bits per heavy atom. The van der Waals surface area contributed by atoms with Crippen LogP contribution in [-0.2, 0) is 4.74 Å². The molecule has 1 saturated heterocycles. The number of nitrogen functional groups attached to an aromatic ring is 1. The van der Waals surface area contributed by atoms with Crippen molar-refractivity contribution in [2.75, 3.05) is 18.9 Å². The van der Waals surface area contributed by atoms with Crippen molar-refractivity contribution in [1.82, 2.24) is 19.7 Å². The summed E-state index contributed by atoms with van der Waals surface area (Å²) in [4.78, 5) is 8.24. The molecule has 1 fully saturated rings. The van der Waals surface area contributed by atoms with Crippen LogP contribution in [0.2, 0.25) is 0 Å². The Labute approximate surface area is 105 Å². The molecule has 2 N–H and O–H groups in total. The van der Waals surface area contributed by atoms with Crippen LogP contribution in [0, 0.1) is 3.70 Å². The SMILES string of the molecule is Nc1ncnc2c1c(I)nn2[C@@H]1CCOC1. The van der Waals surface area contributed by atoms with Crippen LogP contribution in [0.3, 0.4) is 0 Å². The van der Waals surface area contributed by atoms with Crippen molar-refractivity contribution < 1.29 is 4.74 Å². The molecular weight excluding hydrogens is 321 g/mol. The van der Waals surface area contributed by atoms with E-state index in [9.17, 15) is 0 Å². The number of ether oxygens (including phenoxy) is 1. The third-order valence-corrected chi connectivity index (χ3v) is 3.48. The van der Waals surface area contributed by atoms with E-state index in [1.807, 2.05) is 4.68 Å². The Morgan fingerprint density at radius 3 is 3.12 bits per heavy atom. The molecule has 16 heavy (non-hydrogen) atoms. The normalized spacial score (nSPS) is 20.7. The molecule has 0 aliphatic carbocycles. The Bertz CT molecular complexity index is 534. The lowest BCUT2D eigenvalue weighted by molar-refractivity contribution is 0.185. The third kappa shape index (κ3) is 1.46. The van der Waals surface area contributed by atoms with Gasteiger partial charge in [0.15, 0.2) is 5.65 Å². The lowest BCUT2D eigenvalue weighted by Crippen LogP contribution is -2.11. The van der Waals surface area contributed by atoms with Crippen LogP contribution in [-0.4, -0.2) is 33.0 Å². The molecule has 0 amide bonds. The second-order valence-corrected chi connectivity index (χ2v) is 4.73. The van der Waals surface area contributed by atoms with Gasteiger partial charge in [-0.1, -0.05) is 0 Å². The van der Waals surface area contributed by atoms with Gasteiger partial charge in [0, 0.05) is 6.61 Å². The van der Waals surface area contributed by atoms with Crippen molar-refractivity contribution in [2.45, 2.75) is 12.5 Å². The zero-order valence-electron chi connectivity index (χ0n) is 8.43. The van der Waals surface area contributed by atoms with E-state index < -0.39 is 0 Å². The zero-order valence-corrected chi connectivity index (χ0v) is 10.6. The van der Waals surface area contributed by atoms with Gasteiger partial charge in [0.25, 0.3) is 0 Å². The summed E-state index contributed by atoms with van der Waals surface area (Å²) in [6, 6.07) is 0.264. The molecule has 0 bridgehead atoms. The fourth-order valence-electron chi connectivity index (χ4n) is 1.92. The molecule has 0 unspecified atom stereocenters. The maximum atomic E-state index is 5.83. The van der Waals surface area contributed by atoms with Gasteiger partial charge in [0.05, 0.1) is 18.0 Å². The first-order chi connectivity index (χ1) is 7.77. The minimum Gasteiger partial charge on any atom is -0.383 e. The number of halogens is 1. The van der Waals surface area contributed by atoms with Crippen LogP contribution < -0.4 is 5.73 Å². The average Bonchev–Trinajstić information content (AvgIpc) is 2.86. The maximum Gasteiger partial charge on any atom is 0.164 e. The summed E-state index contributed by atoms with van der Waals surface area (Å²) >= 11 is 2.16. The molecule has 0 aromatic carbocycles. The summed E-state index contributed by atoms with van der Waals surface area (Å²) in [7, 11) is 0. The van der Waals surface area contributed by atoms with Crippen LogP contribution >= 0.6 is 22.6 Å². The highest BCUT2D eigenvalue weighted by Crippen LogP contribution is 2.27. The predicted octanol–water partition coefficient (Wildman–Crippen LogP) is 0.975. The second-order valence-electron chi connectivity index (χ2n) is 3.71. The summed E-state index contributed by atoms with van der Waals surface area (Å²) in [6.45, 7) is 1.47. The van der Waals surface area contributed by atoms with E-state index in [4.69, 9.17) is 10.5 Å². The average molecular weight is 331 g/mol. The number of hydrogen-bond acceptors (Lipinski definition) is 5. The van der Waals surface area contributed by atoms with Gasteiger partial charge in [-0.25, -0.2) is 14.6 Å². The fraction of sp³-hybridized carbons (Fsp3) is 0.444. The van der Waals surface area contributed by atoms with E-state index in [1.165, 1.54) is 6.33 Å². The first-order valence-electron chi connectivity index (χ1n) is 4.99. The molecule has 3 heterocycles. The smallest absolute Gasteiger partial charge is 0.164 e. The zero-order chi connectivity index (χ0) is 11.1. The molecule has 2 aromatic heterocycles. The summed E-state index contributed by atoms with van der Waals surface area (Å²) in [5.74, 6) is 0.486. The molecule has 3 rings (SSSR count). The lowest BCUT2D eigenvalue weighted by atomic mass is 10.3. The van der Waals surface area contributed by atoms with Crippen molar-refractivity contribution in [2.24, 2.45) is 0 Å². The largest absolute Gasteiger partial charge is 0.383 e. The van der Waals surface area contributed by atoms with Crippen molar-refractivity contribution in [3.63, 3.8) is 0 Å². The first kappa shape index (κ1) is 10.2. The monoisotopic (exact) mass is 331 g/mol. The number of nitrogens with two attached hydrogens (primary N) is 1. The van der Waals surface area contributed by atoms with Crippen LogP contribution in [0.4, 0.5) is 5.82 Å². The van der Waals surface area contributed by atoms with Crippen LogP contribution in [0.25, 0.3) is 11.0 Å². The van der Waals surface area contributed by atoms with Crippen LogP contribution in [0.1, 0.15) is 12.5 Å². The first-order valence-corrected chi connectivity index (χ1v) is 6.07. The van der Waals surface area contributed by atoms with E-state index in [0.29, 0.717) is 12.4 Å². The molecule has 7 heteroatoms. The van der Waals surface area contributed by atoms with Gasteiger partial charge in [-0.3, -0.25) is 0 Å². The predicted molar refractivity (Wildman–Crippen MR) is 66.9 cm³/mol. The van der Waals surface area contributed by atoms with Gasteiger partial charge in [-0.15, -0.1) is 0 Å². The lowest BCUT2D eigenvalue weighted by Gasteiger charge is -2.08. The van der Waals surface area contributed by atoms with Crippen LogP contribution in [0.15, 0.2) is 6.33 Å². The van der Waals surface area contributed by atoms with Crippen molar-refractivity contribution in [3.8, 4) is 0 Å². The Balaban J connectivity index is 2.22.